The van der Waals surface area contributed by atoms with E-state index in [4.69, 9.17) is 4.74 Å². The van der Waals surface area contributed by atoms with Crippen LogP contribution >= 0.6 is 0 Å². The van der Waals surface area contributed by atoms with Crippen LogP contribution in [0, 0.1) is 12.8 Å². The summed E-state index contributed by atoms with van der Waals surface area (Å²) >= 11 is 0. The topological polar surface area (TPSA) is 109 Å². The fourth-order valence-electron chi connectivity index (χ4n) is 4.09. The highest BCUT2D eigenvalue weighted by molar-refractivity contribution is 6.04. The van der Waals surface area contributed by atoms with Crippen LogP contribution in [-0.4, -0.2) is 51.8 Å². The number of aromatic nitrogens is 3. The molecule has 3 heterocycles. The third-order valence-corrected chi connectivity index (χ3v) is 5.98. The lowest BCUT2D eigenvalue weighted by Gasteiger charge is -2.32. The van der Waals surface area contributed by atoms with Crippen molar-refractivity contribution in [3.63, 3.8) is 0 Å². The molecule has 2 aromatic heterocycles. The number of ether oxygens (including phenoxy) is 1. The number of carbonyl (C=O) groups excluding carboxylic acids is 2. The zero-order chi connectivity index (χ0) is 23.8. The van der Waals surface area contributed by atoms with E-state index in [1.807, 2.05) is 13.0 Å². The predicted molar refractivity (Wildman–Crippen MR) is 124 cm³/mol. The van der Waals surface area contributed by atoms with Gasteiger partial charge in [-0.15, -0.1) is 0 Å². The van der Waals surface area contributed by atoms with E-state index in [1.54, 1.807) is 48.7 Å². The molecule has 0 bridgehead atoms. The Hall–Kier alpha value is -3.46. The number of carbonyl (C=O) groups is 2. The fourth-order valence-corrected chi connectivity index (χ4v) is 4.09. The van der Waals surface area contributed by atoms with Crippen LogP contribution in [0.4, 0.5) is 11.6 Å². The van der Waals surface area contributed by atoms with Crippen molar-refractivity contribution >= 4 is 29.2 Å². The van der Waals surface area contributed by atoms with Gasteiger partial charge in [0, 0.05) is 30.8 Å². The first-order chi connectivity index (χ1) is 15.7. The maximum atomic E-state index is 12.9. The predicted octanol–water partition coefficient (Wildman–Crippen LogP) is 2.91. The Labute approximate surface area is 192 Å². The molecule has 0 unspecified atom stereocenters. The molecule has 4 rings (SSSR count). The van der Waals surface area contributed by atoms with Crippen LogP contribution in [-0.2, 0) is 15.1 Å². The van der Waals surface area contributed by atoms with Crippen LogP contribution in [0.2, 0.25) is 0 Å². The van der Waals surface area contributed by atoms with Crippen molar-refractivity contribution in [3.05, 3.63) is 53.2 Å². The molecular weight excluding hydrogens is 422 g/mol. The van der Waals surface area contributed by atoms with Crippen LogP contribution in [0.5, 0.6) is 0 Å². The number of aryl methyl sites for hydroxylation is 1. The molecule has 0 atom stereocenters. The van der Waals surface area contributed by atoms with E-state index >= 15 is 0 Å². The van der Waals surface area contributed by atoms with Crippen molar-refractivity contribution in [2.24, 2.45) is 5.92 Å². The molecule has 1 fully saturated rings. The number of benzene rings is 1. The Bertz CT molecular complexity index is 1170. The summed E-state index contributed by atoms with van der Waals surface area (Å²) in [6, 6.07) is 10.5. The highest BCUT2D eigenvalue weighted by atomic mass is 16.5. The van der Waals surface area contributed by atoms with Crippen LogP contribution < -0.4 is 10.2 Å². The summed E-state index contributed by atoms with van der Waals surface area (Å²) in [5, 5.41) is 17.6. The zero-order valence-electron chi connectivity index (χ0n) is 19.3. The second kappa shape index (κ2) is 8.82. The van der Waals surface area contributed by atoms with E-state index in [-0.39, 0.29) is 17.8 Å². The van der Waals surface area contributed by atoms with Gasteiger partial charge in [0.1, 0.15) is 11.6 Å². The minimum Gasteiger partial charge on any atom is -0.469 e. The second-order valence-corrected chi connectivity index (χ2v) is 8.93. The molecule has 1 aliphatic rings. The van der Waals surface area contributed by atoms with E-state index in [1.165, 1.54) is 7.11 Å². The minimum atomic E-state index is -0.975. The number of anilines is 2. The summed E-state index contributed by atoms with van der Waals surface area (Å²) in [6.07, 6.45) is 1.37. The molecule has 9 nitrogen and oxygen atoms in total. The normalized spacial score (nSPS) is 15.0. The maximum Gasteiger partial charge on any atom is 0.308 e. The number of piperidine rings is 1. The van der Waals surface area contributed by atoms with Crippen LogP contribution in [0.3, 0.4) is 0 Å². The second-order valence-electron chi connectivity index (χ2n) is 8.93. The SMILES string of the molecule is COC(=O)C1CCN(c2cc(NC(=O)c3ccc(C(C)(C)O)cc3)nc3cc(C)nn23)CC1. The number of fused-ring (bicyclic) bond motifs is 1. The first kappa shape index (κ1) is 22.7. The van der Waals surface area contributed by atoms with Crippen LogP contribution in [0.25, 0.3) is 5.65 Å². The molecule has 0 spiro atoms. The van der Waals surface area contributed by atoms with E-state index < -0.39 is 5.60 Å². The molecule has 1 aromatic carbocycles. The number of nitrogens with zero attached hydrogens (tertiary/aromatic N) is 4. The van der Waals surface area contributed by atoms with Crippen molar-refractivity contribution in [3.8, 4) is 0 Å². The maximum absolute atomic E-state index is 12.9. The smallest absolute Gasteiger partial charge is 0.308 e. The Morgan fingerprint density at radius 2 is 1.82 bits per heavy atom. The summed E-state index contributed by atoms with van der Waals surface area (Å²) in [4.78, 5) is 31.4. The highest BCUT2D eigenvalue weighted by Crippen LogP contribution is 2.27. The van der Waals surface area contributed by atoms with E-state index in [0.29, 0.717) is 43.0 Å². The largest absolute Gasteiger partial charge is 0.469 e. The van der Waals surface area contributed by atoms with Crippen molar-refractivity contribution < 1.29 is 19.4 Å². The van der Waals surface area contributed by atoms with Gasteiger partial charge in [0.2, 0.25) is 0 Å². The molecule has 1 aliphatic heterocycles. The summed E-state index contributed by atoms with van der Waals surface area (Å²) in [5.74, 6) is 0.663. The molecule has 33 heavy (non-hydrogen) atoms. The fraction of sp³-hybridized carbons (Fsp3) is 0.417. The number of methoxy groups -OCH3 is 1. The Morgan fingerprint density at radius 3 is 2.42 bits per heavy atom. The molecule has 9 heteroatoms. The Morgan fingerprint density at radius 1 is 1.15 bits per heavy atom. The van der Waals surface area contributed by atoms with Crippen LogP contribution in [0.15, 0.2) is 36.4 Å². The Balaban J connectivity index is 1.58. The first-order valence-electron chi connectivity index (χ1n) is 11.0. The van der Waals surface area contributed by atoms with E-state index in [9.17, 15) is 14.7 Å². The van der Waals surface area contributed by atoms with Gasteiger partial charge in [-0.1, -0.05) is 12.1 Å². The lowest BCUT2D eigenvalue weighted by atomic mass is 9.97. The molecule has 3 aromatic rings. The summed E-state index contributed by atoms with van der Waals surface area (Å²) in [5.41, 5.74) is 1.67. The third kappa shape index (κ3) is 4.83. The molecule has 0 saturated carbocycles. The lowest BCUT2D eigenvalue weighted by molar-refractivity contribution is -0.146. The molecular formula is C24H29N5O4. The molecule has 1 amide bonds. The first-order valence-corrected chi connectivity index (χ1v) is 11.0. The van der Waals surface area contributed by atoms with E-state index in [0.717, 1.165) is 17.1 Å². The van der Waals surface area contributed by atoms with Crippen LogP contribution in [0.1, 0.15) is 48.3 Å². The molecule has 0 radical (unpaired) electrons. The number of hydrogen-bond acceptors (Lipinski definition) is 7. The number of hydrogen-bond donors (Lipinski definition) is 2. The molecule has 174 valence electrons. The number of amides is 1. The van der Waals surface area contributed by atoms with Gasteiger partial charge in [-0.3, -0.25) is 9.59 Å². The number of esters is 1. The molecule has 2 N–H and O–H groups in total. The standard InChI is InChI=1S/C24H29N5O4/c1-15-13-20-25-19(26-22(30)16-5-7-18(8-6-16)24(2,3)32)14-21(29(20)27-15)28-11-9-17(10-12-28)23(31)33-4/h5-8,13-14,17,32H,9-12H2,1-4H3,(H,25,26,30). The quantitative estimate of drug-likeness (QED) is 0.574. The third-order valence-electron chi connectivity index (χ3n) is 5.98. The summed E-state index contributed by atoms with van der Waals surface area (Å²) in [7, 11) is 1.42. The van der Waals surface area contributed by atoms with Crippen molar-refractivity contribution in [2.45, 2.75) is 39.2 Å². The van der Waals surface area contributed by atoms with Gasteiger partial charge in [-0.05, 0) is 51.3 Å². The van der Waals surface area contributed by atoms with Crippen molar-refractivity contribution in [1.82, 2.24) is 14.6 Å². The van der Waals surface area contributed by atoms with Crippen molar-refractivity contribution in [2.75, 3.05) is 30.4 Å². The average Bonchev–Trinajstić information content (AvgIpc) is 3.17. The van der Waals surface area contributed by atoms with Gasteiger partial charge in [0.25, 0.3) is 5.91 Å². The van der Waals surface area contributed by atoms with Gasteiger partial charge in [0.05, 0.1) is 24.3 Å². The number of nitrogens with one attached hydrogen (secondary N) is 1. The minimum absolute atomic E-state index is 0.103. The average molecular weight is 452 g/mol. The monoisotopic (exact) mass is 451 g/mol. The lowest BCUT2D eigenvalue weighted by Crippen LogP contribution is -2.37. The van der Waals surface area contributed by atoms with Gasteiger partial charge < -0.3 is 20.1 Å². The molecule has 0 aliphatic carbocycles. The van der Waals surface area contributed by atoms with E-state index in [2.05, 4.69) is 20.3 Å². The van der Waals surface area contributed by atoms with Gasteiger partial charge in [0.15, 0.2) is 5.65 Å². The van der Waals surface area contributed by atoms with Gasteiger partial charge in [-0.2, -0.15) is 9.61 Å². The van der Waals surface area contributed by atoms with Crippen molar-refractivity contribution in [1.29, 1.82) is 0 Å². The zero-order valence-corrected chi connectivity index (χ0v) is 19.3. The Kier molecular flexibility index (Phi) is 6.07. The number of aliphatic hydroxyl groups is 1. The van der Waals surface area contributed by atoms with Gasteiger partial charge in [-0.25, -0.2) is 4.98 Å². The number of rotatable bonds is 5. The van der Waals surface area contributed by atoms with Gasteiger partial charge >= 0.3 is 5.97 Å². The summed E-state index contributed by atoms with van der Waals surface area (Å²) < 4.78 is 6.65. The summed E-state index contributed by atoms with van der Waals surface area (Å²) in [6.45, 7) is 6.63. The molecule has 1 saturated heterocycles. The highest BCUT2D eigenvalue weighted by Gasteiger charge is 2.27.